The van der Waals surface area contributed by atoms with E-state index in [1.54, 1.807) is 12.1 Å². The number of hydrogen-bond acceptors (Lipinski definition) is 3. The van der Waals surface area contributed by atoms with Gasteiger partial charge in [0.25, 0.3) is 0 Å². The second-order valence-electron chi connectivity index (χ2n) is 3.83. The minimum absolute atomic E-state index is 0.264. The lowest BCUT2D eigenvalue weighted by Gasteiger charge is -2.21. The summed E-state index contributed by atoms with van der Waals surface area (Å²) in [5, 5.41) is 0. The Morgan fingerprint density at radius 1 is 1.60 bits per heavy atom. The van der Waals surface area contributed by atoms with Crippen LogP contribution >= 0.6 is 0 Å². The third-order valence-electron chi connectivity index (χ3n) is 2.59. The fourth-order valence-electron chi connectivity index (χ4n) is 1.80. The van der Waals surface area contributed by atoms with Gasteiger partial charge in [0.2, 0.25) is 5.95 Å². The lowest BCUT2D eigenvalue weighted by Crippen LogP contribution is -2.29. The van der Waals surface area contributed by atoms with Crippen molar-refractivity contribution in [3.8, 4) is 0 Å². The molecule has 15 heavy (non-hydrogen) atoms. The van der Waals surface area contributed by atoms with Crippen molar-refractivity contribution in [3.63, 3.8) is 0 Å². The van der Waals surface area contributed by atoms with Crippen molar-refractivity contribution in [2.24, 2.45) is 0 Å². The number of nitrogens with zero attached hydrogens (tertiary/aromatic N) is 2. The van der Waals surface area contributed by atoms with Gasteiger partial charge in [-0.1, -0.05) is 6.07 Å². The van der Waals surface area contributed by atoms with Gasteiger partial charge < -0.3 is 9.64 Å². The average Bonchev–Trinajstić information content (AvgIpc) is 2.70. The Hall–Kier alpha value is -1.16. The van der Waals surface area contributed by atoms with E-state index >= 15 is 0 Å². The first kappa shape index (κ1) is 10.4. The Kier molecular flexibility index (Phi) is 3.16. The highest BCUT2D eigenvalue weighted by Crippen LogP contribution is 2.16. The number of anilines is 1. The zero-order chi connectivity index (χ0) is 10.7. The van der Waals surface area contributed by atoms with E-state index in [2.05, 4.69) is 4.98 Å². The normalized spacial score (nSPS) is 20.5. The molecule has 0 aliphatic carbocycles. The van der Waals surface area contributed by atoms with E-state index in [-0.39, 0.29) is 6.10 Å². The lowest BCUT2D eigenvalue weighted by molar-refractivity contribution is 0.116. The molecule has 2 rings (SSSR count). The van der Waals surface area contributed by atoms with Gasteiger partial charge in [-0.15, -0.1) is 0 Å². The van der Waals surface area contributed by atoms with E-state index in [0.717, 1.165) is 26.0 Å². The molecular formula is C11H15FN2O. The summed E-state index contributed by atoms with van der Waals surface area (Å²) >= 11 is 0. The molecule has 1 fully saturated rings. The second kappa shape index (κ2) is 4.57. The molecule has 0 saturated carbocycles. The van der Waals surface area contributed by atoms with Crippen LogP contribution in [0, 0.1) is 5.95 Å². The Morgan fingerprint density at radius 2 is 2.47 bits per heavy atom. The molecule has 0 spiro atoms. The van der Waals surface area contributed by atoms with Crippen molar-refractivity contribution in [1.82, 2.24) is 4.98 Å². The van der Waals surface area contributed by atoms with Crippen molar-refractivity contribution < 1.29 is 9.13 Å². The predicted molar refractivity (Wildman–Crippen MR) is 56.4 cm³/mol. The van der Waals surface area contributed by atoms with Crippen molar-refractivity contribution in [3.05, 3.63) is 24.1 Å². The summed E-state index contributed by atoms with van der Waals surface area (Å²) in [7, 11) is 1.91. The molecule has 2 heterocycles. The third kappa shape index (κ3) is 2.65. The highest BCUT2D eigenvalue weighted by atomic mass is 19.1. The SMILES string of the molecule is CN(CC1CCCO1)c1cccc(F)n1. The van der Waals surface area contributed by atoms with E-state index in [4.69, 9.17) is 4.74 Å². The standard InChI is InChI=1S/C11H15FN2O/c1-14(8-9-4-3-7-15-9)11-6-2-5-10(12)13-11/h2,5-6,9H,3-4,7-8H2,1H3. The third-order valence-corrected chi connectivity index (χ3v) is 2.59. The van der Waals surface area contributed by atoms with Crippen LogP contribution in [0.5, 0.6) is 0 Å². The van der Waals surface area contributed by atoms with Gasteiger partial charge in [-0.05, 0) is 25.0 Å². The molecule has 4 heteroatoms. The maximum absolute atomic E-state index is 12.9. The fraction of sp³-hybridized carbons (Fsp3) is 0.545. The van der Waals surface area contributed by atoms with Gasteiger partial charge in [0, 0.05) is 20.2 Å². The van der Waals surface area contributed by atoms with Gasteiger partial charge in [0.15, 0.2) is 0 Å². The minimum Gasteiger partial charge on any atom is -0.376 e. The zero-order valence-electron chi connectivity index (χ0n) is 8.82. The highest BCUT2D eigenvalue weighted by Gasteiger charge is 2.18. The summed E-state index contributed by atoms with van der Waals surface area (Å²) in [6.07, 6.45) is 2.47. The smallest absolute Gasteiger partial charge is 0.214 e. The predicted octanol–water partition coefficient (Wildman–Crippen LogP) is 1.84. The molecule has 0 aromatic carbocycles. The van der Waals surface area contributed by atoms with E-state index in [0.29, 0.717) is 5.82 Å². The largest absolute Gasteiger partial charge is 0.376 e. The summed E-state index contributed by atoms with van der Waals surface area (Å²) in [6, 6.07) is 4.82. The lowest BCUT2D eigenvalue weighted by atomic mass is 10.2. The van der Waals surface area contributed by atoms with Crippen LogP contribution in [0.3, 0.4) is 0 Å². The van der Waals surface area contributed by atoms with Crippen LogP contribution in [0.25, 0.3) is 0 Å². The number of ether oxygens (including phenoxy) is 1. The molecule has 1 saturated heterocycles. The van der Waals surface area contributed by atoms with Crippen LogP contribution < -0.4 is 4.90 Å². The summed E-state index contributed by atoms with van der Waals surface area (Å²) in [4.78, 5) is 5.75. The van der Waals surface area contributed by atoms with Crippen LogP contribution in [-0.2, 0) is 4.74 Å². The fourth-order valence-corrected chi connectivity index (χ4v) is 1.80. The Labute approximate surface area is 88.9 Å². The van der Waals surface area contributed by atoms with Crippen LogP contribution in [0.15, 0.2) is 18.2 Å². The van der Waals surface area contributed by atoms with Crippen LogP contribution in [0.2, 0.25) is 0 Å². The molecule has 1 atom stereocenters. The highest BCUT2D eigenvalue weighted by molar-refractivity contribution is 5.36. The Bertz CT molecular complexity index is 326. The average molecular weight is 210 g/mol. The van der Waals surface area contributed by atoms with E-state index in [1.165, 1.54) is 6.07 Å². The first-order valence-electron chi connectivity index (χ1n) is 5.21. The summed E-state index contributed by atoms with van der Waals surface area (Å²) < 4.78 is 18.4. The quantitative estimate of drug-likeness (QED) is 0.712. The summed E-state index contributed by atoms with van der Waals surface area (Å²) in [6.45, 7) is 1.62. The zero-order valence-corrected chi connectivity index (χ0v) is 8.82. The summed E-state index contributed by atoms with van der Waals surface area (Å²) in [5.74, 6) is 0.220. The number of aromatic nitrogens is 1. The molecule has 82 valence electrons. The van der Waals surface area contributed by atoms with Crippen molar-refractivity contribution >= 4 is 5.82 Å². The maximum Gasteiger partial charge on any atom is 0.214 e. The van der Waals surface area contributed by atoms with E-state index in [1.807, 2.05) is 11.9 Å². The van der Waals surface area contributed by atoms with Crippen molar-refractivity contribution in [2.45, 2.75) is 18.9 Å². The van der Waals surface area contributed by atoms with Gasteiger partial charge in [0.1, 0.15) is 5.82 Å². The number of rotatable bonds is 3. The van der Waals surface area contributed by atoms with Crippen LogP contribution in [-0.4, -0.2) is 31.3 Å². The monoisotopic (exact) mass is 210 g/mol. The molecule has 1 aromatic heterocycles. The van der Waals surface area contributed by atoms with Crippen LogP contribution in [0.1, 0.15) is 12.8 Å². The molecular weight excluding hydrogens is 195 g/mol. The Balaban J connectivity index is 1.97. The molecule has 0 amide bonds. The molecule has 1 aliphatic heterocycles. The van der Waals surface area contributed by atoms with E-state index in [9.17, 15) is 4.39 Å². The van der Waals surface area contributed by atoms with Crippen LogP contribution in [0.4, 0.5) is 10.2 Å². The molecule has 0 radical (unpaired) electrons. The van der Waals surface area contributed by atoms with Crippen molar-refractivity contribution in [1.29, 1.82) is 0 Å². The number of likely N-dealkylation sites (N-methyl/N-ethyl adjacent to an activating group) is 1. The van der Waals surface area contributed by atoms with Gasteiger partial charge in [-0.2, -0.15) is 4.39 Å². The van der Waals surface area contributed by atoms with Gasteiger partial charge in [-0.3, -0.25) is 0 Å². The van der Waals surface area contributed by atoms with Gasteiger partial charge >= 0.3 is 0 Å². The molecule has 1 aromatic rings. The maximum atomic E-state index is 12.9. The Morgan fingerprint density at radius 3 is 3.13 bits per heavy atom. The van der Waals surface area contributed by atoms with E-state index < -0.39 is 5.95 Å². The molecule has 0 N–H and O–H groups in total. The first-order chi connectivity index (χ1) is 7.25. The van der Waals surface area contributed by atoms with Crippen molar-refractivity contribution in [2.75, 3.05) is 25.1 Å². The number of pyridine rings is 1. The number of halogens is 1. The summed E-state index contributed by atoms with van der Waals surface area (Å²) in [5.41, 5.74) is 0. The molecule has 3 nitrogen and oxygen atoms in total. The number of hydrogen-bond donors (Lipinski definition) is 0. The first-order valence-corrected chi connectivity index (χ1v) is 5.21. The van der Waals surface area contributed by atoms with Gasteiger partial charge in [0.05, 0.1) is 6.10 Å². The minimum atomic E-state index is -0.438. The van der Waals surface area contributed by atoms with Gasteiger partial charge in [-0.25, -0.2) is 4.98 Å². The topological polar surface area (TPSA) is 25.4 Å². The molecule has 0 bridgehead atoms. The molecule has 1 unspecified atom stereocenters. The second-order valence-corrected chi connectivity index (χ2v) is 3.83. The molecule has 1 aliphatic rings.